The van der Waals surface area contributed by atoms with Crippen LogP contribution in [0.5, 0.6) is 5.75 Å². The number of ether oxygens (including phenoxy) is 1. The number of benzene rings is 1. The lowest BCUT2D eigenvalue weighted by atomic mass is 9.98. The summed E-state index contributed by atoms with van der Waals surface area (Å²) in [5, 5.41) is 10.1. The minimum atomic E-state index is -4.53. The van der Waals surface area contributed by atoms with E-state index in [1.165, 1.54) is 7.11 Å². The van der Waals surface area contributed by atoms with Crippen molar-refractivity contribution in [1.82, 2.24) is 4.98 Å². The molecule has 0 radical (unpaired) electrons. The van der Waals surface area contributed by atoms with Gasteiger partial charge in [-0.1, -0.05) is 18.2 Å². The van der Waals surface area contributed by atoms with E-state index in [1.54, 1.807) is 24.3 Å². The molecule has 3 nitrogen and oxygen atoms in total. The number of alkyl halides is 3. The van der Waals surface area contributed by atoms with Crippen LogP contribution >= 0.6 is 0 Å². The van der Waals surface area contributed by atoms with Gasteiger partial charge < -0.3 is 9.84 Å². The summed E-state index contributed by atoms with van der Waals surface area (Å²) in [7, 11) is 1.47. The predicted octanol–water partition coefficient (Wildman–Crippen LogP) is 3.39. The van der Waals surface area contributed by atoms with Crippen LogP contribution in [0.15, 0.2) is 42.7 Å². The monoisotopic (exact) mass is 297 g/mol. The number of nitrogens with zero attached hydrogens (tertiary/aromatic N) is 1. The first kappa shape index (κ1) is 15.3. The third-order valence-corrected chi connectivity index (χ3v) is 3.12. The van der Waals surface area contributed by atoms with Gasteiger partial charge in [0.15, 0.2) is 0 Å². The van der Waals surface area contributed by atoms with Crippen molar-refractivity contribution in [3.05, 3.63) is 59.4 Å². The first-order valence-corrected chi connectivity index (χ1v) is 6.24. The molecule has 1 N–H and O–H groups in total. The van der Waals surface area contributed by atoms with E-state index in [0.29, 0.717) is 11.3 Å². The Morgan fingerprint density at radius 1 is 1.24 bits per heavy atom. The molecule has 0 bridgehead atoms. The van der Waals surface area contributed by atoms with Crippen LogP contribution in [-0.2, 0) is 12.6 Å². The molecule has 1 unspecified atom stereocenters. The summed E-state index contributed by atoms with van der Waals surface area (Å²) in [4.78, 5) is 3.67. The number of aliphatic hydroxyl groups excluding tert-OH is 1. The number of aliphatic hydroxyl groups is 1. The van der Waals surface area contributed by atoms with Gasteiger partial charge >= 0.3 is 6.18 Å². The molecule has 21 heavy (non-hydrogen) atoms. The van der Waals surface area contributed by atoms with Crippen LogP contribution in [0.2, 0.25) is 0 Å². The summed E-state index contributed by atoms with van der Waals surface area (Å²) in [6, 6.07) is 7.74. The van der Waals surface area contributed by atoms with Crippen LogP contribution in [0.25, 0.3) is 0 Å². The van der Waals surface area contributed by atoms with Gasteiger partial charge in [-0.25, -0.2) is 0 Å². The van der Waals surface area contributed by atoms with Gasteiger partial charge in [-0.3, -0.25) is 4.98 Å². The number of rotatable bonds is 4. The zero-order chi connectivity index (χ0) is 15.5. The zero-order valence-electron chi connectivity index (χ0n) is 11.3. The summed E-state index contributed by atoms with van der Waals surface area (Å²) in [6.45, 7) is 0. The van der Waals surface area contributed by atoms with Crippen LogP contribution in [0.4, 0.5) is 13.2 Å². The summed E-state index contributed by atoms with van der Waals surface area (Å²) in [6.07, 6.45) is -3.73. The van der Waals surface area contributed by atoms with E-state index < -0.39 is 17.8 Å². The molecule has 0 aliphatic carbocycles. The predicted molar refractivity (Wildman–Crippen MR) is 70.9 cm³/mol. The van der Waals surface area contributed by atoms with Crippen molar-refractivity contribution in [2.75, 3.05) is 7.11 Å². The molecule has 0 aliphatic heterocycles. The molecule has 0 saturated heterocycles. The van der Waals surface area contributed by atoms with E-state index in [1.807, 2.05) is 0 Å². The molecule has 0 saturated carbocycles. The molecule has 0 amide bonds. The molecule has 0 spiro atoms. The number of hydrogen-bond acceptors (Lipinski definition) is 3. The van der Waals surface area contributed by atoms with Crippen molar-refractivity contribution in [2.45, 2.75) is 18.7 Å². The van der Waals surface area contributed by atoms with Gasteiger partial charge in [-0.05, 0) is 17.7 Å². The molecule has 1 heterocycles. The quantitative estimate of drug-likeness (QED) is 0.940. The minimum absolute atomic E-state index is 0.0127. The number of pyridine rings is 1. The van der Waals surface area contributed by atoms with Gasteiger partial charge in [0.2, 0.25) is 0 Å². The molecule has 6 heteroatoms. The van der Waals surface area contributed by atoms with Crippen LogP contribution in [0.1, 0.15) is 22.8 Å². The Bertz CT molecular complexity index is 614. The summed E-state index contributed by atoms with van der Waals surface area (Å²) >= 11 is 0. The molecule has 0 fully saturated rings. The average Bonchev–Trinajstić information content (AvgIpc) is 2.47. The lowest BCUT2D eigenvalue weighted by Crippen LogP contribution is -2.14. The van der Waals surface area contributed by atoms with Crippen LogP contribution in [0.3, 0.4) is 0 Å². The number of methoxy groups -OCH3 is 1. The highest BCUT2D eigenvalue weighted by Crippen LogP contribution is 2.35. The fourth-order valence-electron chi connectivity index (χ4n) is 2.12. The molecule has 1 aromatic carbocycles. The highest BCUT2D eigenvalue weighted by molar-refractivity contribution is 5.36. The summed E-state index contributed by atoms with van der Waals surface area (Å²) in [5.41, 5.74) is -0.486. The van der Waals surface area contributed by atoms with E-state index in [9.17, 15) is 18.3 Å². The topological polar surface area (TPSA) is 42.4 Å². The highest BCUT2D eigenvalue weighted by Gasteiger charge is 2.35. The molecule has 0 aliphatic rings. The zero-order valence-corrected chi connectivity index (χ0v) is 11.3. The second-order valence-corrected chi connectivity index (χ2v) is 4.49. The fraction of sp³-hybridized carbons (Fsp3) is 0.267. The van der Waals surface area contributed by atoms with E-state index in [2.05, 4.69) is 4.98 Å². The second kappa shape index (κ2) is 6.13. The molecule has 2 aromatic rings. The smallest absolute Gasteiger partial charge is 0.416 e. The Kier molecular flexibility index (Phi) is 4.47. The summed E-state index contributed by atoms with van der Waals surface area (Å²) < 4.78 is 43.9. The fourth-order valence-corrected chi connectivity index (χ4v) is 2.12. The molecular formula is C15H14F3NO2. The van der Waals surface area contributed by atoms with Crippen molar-refractivity contribution in [2.24, 2.45) is 0 Å². The second-order valence-electron chi connectivity index (χ2n) is 4.49. The summed E-state index contributed by atoms with van der Waals surface area (Å²) in [5.74, 6) is 0.522. The van der Waals surface area contributed by atoms with Crippen molar-refractivity contribution in [3.63, 3.8) is 0 Å². The van der Waals surface area contributed by atoms with Gasteiger partial charge in [-0.15, -0.1) is 0 Å². The molecule has 2 rings (SSSR count). The Morgan fingerprint density at radius 2 is 1.95 bits per heavy atom. The molecule has 1 atom stereocenters. The lowest BCUT2D eigenvalue weighted by Gasteiger charge is -2.18. The van der Waals surface area contributed by atoms with Crippen molar-refractivity contribution in [1.29, 1.82) is 0 Å². The van der Waals surface area contributed by atoms with E-state index in [4.69, 9.17) is 4.74 Å². The number of hydrogen-bond donors (Lipinski definition) is 1. The number of halogens is 3. The first-order chi connectivity index (χ1) is 9.93. The standard InChI is InChI=1S/C15H14F3NO2/c1-21-14-5-3-2-4-10(14)8-13(20)11-9-19-7-6-12(11)15(16,17)18/h2-7,9,13,20H,8H2,1H3. The molecule has 112 valence electrons. The van der Waals surface area contributed by atoms with Gasteiger partial charge in [0.1, 0.15) is 5.75 Å². The van der Waals surface area contributed by atoms with E-state index >= 15 is 0 Å². The van der Waals surface area contributed by atoms with E-state index in [-0.39, 0.29) is 12.0 Å². The van der Waals surface area contributed by atoms with Gasteiger partial charge in [0, 0.05) is 24.4 Å². The first-order valence-electron chi connectivity index (χ1n) is 6.24. The third-order valence-electron chi connectivity index (χ3n) is 3.12. The Balaban J connectivity index is 2.31. The van der Waals surface area contributed by atoms with Gasteiger partial charge in [0.25, 0.3) is 0 Å². The minimum Gasteiger partial charge on any atom is -0.496 e. The van der Waals surface area contributed by atoms with Crippen LogP contribution < -0.4 is 4.74 Å². The Morgan fingerprint density at radius 3 is 2.62 bits per heavy atom. The maximum atomic E-state index is 12.9. The maximum absolute atomic E-state index is 12.9. The van der Waals surface area contributed by atoms with Gasteiger partial charge in [0.05, 0.1) is 18.8 Å². The Labute approximate surface area is 120 Å². The molecular weight excluding hydrogens is 283 g/mol. The Hall–Kier alpha value is -2.08. The SMILES string of the molecule is COc1ccccc1CC(O)c1cnccc1C(F)(F)F. The number of aromatic nitrogens is 1. The molecule has 1 aromatic heterocycles. The van der Waals surface area contributed by atoms with Crippen LogP contribution in [0, 0.1) is 0 Å². The van der Waals surface area contributed by atoms with Crippen molar-refractivity contribution in [3.8, 4) is 5.75 Å². The van der Waals surface area contributed by atoms with Crippen LogP contribution in [-0.4, -0.2) is 17.2 Å². The normalized spacial score (nSPS) is 13.0. The highest BCUT2D eigenvalue weighted by atomic mass is 19.4. The largest absolute Gasteiger partial charge is 0.496 e. The average molecular weight is 297 g/mol. The maximum Gasteiger partial charge on any atom is 0.416 e. The van der Waals surface area contributed by atoms with Gasteiger partial charge in [-0.2, -0.15) is 13.2 Å². The van der Waals surface area contributed by atoms with Crippen molar-refractivity contribution >= 4 is 0 Å². The number of para-hydroxylation sites is 1. The van der Waals surface area contributed by atoms with E-state index in [0.717, 1.165) is 18.5 Å². The van der Waals surface area contributed by atoms with Crippen molar-refractivity contribution < 1.29 is 23.0 Å². The lowest BCUT2D eigenvalue weighted by molar-refractivity contribution is -0.139. The third kappa shape index (κ3) is 3.52.